The first-order valence-corrected chi connectivity index (χ1v) is 10.1. The van der Waals surface area contributed by atoms with Crippen LogP contribution in [0.15, 0.2) is 47.6 Å². The van der Waals surface area contributed by atoms with Gasteiger partial charge in [0.1, 0.15) is 11.5 Å². The summed E-state index contributed by atoms with van der Waals surface area (Å²) in [6.07, 6.45) is 4.78. The van der Waals surface area contributed by atoms with Gasteiger partial charge in [-0.15, -0.1) is 24.0 Å². The van der Waals surface area contributed by atoms with Gasteiger partial charge in [0.15, 0.2) is 5.96 Å². The molecule has 1 aliphatic heterocycles. The molecule has 1 fully saturated rings. The Morgan fingerprint density at radius 2 is 1.83 bits per heavy atom. The second-order valence-electron chi connectivity index (χ2n) is 7.05. The van der Waals surface area contributed by atoms with E-state index in [9.17, 15) is 0 Å². The molecule has 3 rings (SSSR count). The molecule has 0 atom stereocenters. The van der Waals surface area contributed by atoms with E-state index in [1.807, 2.05) is 37.5 Å². The Hall–Kier alpha value is -2.23. The maximum absolute atomic E-state index is 5.40. The third-order valence-electron chi connectivity index (χ3n) is 5.16. The lowest BCUT2D eigenvalue weighted by atomic mass is 10.0. The van der Waals surface area contributed by atoms with Crippen LogP contribution in [-0.2, 0) is 6.42 Å². The average Bonchev–Trinajstić information content (AvgIpc) is 2.79. The third kappa shape index (κ3) is 6.93. The molecule has 0 aliphatic carbocycles. The van der Waals surface area contributed by atoms with Crippen LogP contribution in [0.1, 0.15) is 18.5 Å². The minimum atomic E-state index is 0. The van der Waals surface area contributed by atoms with E-state index in [4.69, 9.17) is 9.47 Å². The second-order valence-corrected chi connectivity index (χ2v) is 7.05. The van der Waals surface area contributed by atoms with Gasteiger partial charge >= 0.3 is 0 Å². The highest BCUT2D eigenvalue weighted by molar-refractivity contribution is 14.0. The van der Waals surface area contributed by atoms with Gasteiger partial charge in [-0.25, -0.2) is 0 Å². The summed E-state index contributed by atoms with van der Waals surface area (Å²) in [5.41, 5.74) is 2.22. The number of pyridine rings is 1. The van der Waals surface area contributed by atoms with Crippen LogP contribution < -0.4 is 25.0 Å². The fraction of sp³-hybridized carbons (Fsp3) is 0.455. The number of piperidine rings is 1. The van der Waals surface area contributed by atoms with Crippen LogP contribution in [-0.4, -0.2) is 57.9 Å². The van der Waals surface area contributed by atoms with Gasteiger partial charge in [-0.2, -0.15) is 0 Å². The number of nitrogens with zero attached hydrogens (tertiary/aromatic N) is 3. The molecule has 8 heteroatoms. The van der Waals surface area contributed by atoms with Crippen molar-refractivity contribution in [2.45, 2.75) is 25.3 Å². The van der Waals surface area contributed by atoms with Crippen molar-refractivity contribution in [1.82, 2.24) is 15.6 Å². The van der Waals surface area contributed by atoms with Crippen molar-refractivity contribution in [2.24, 2.45) is 4.99 Å². The molecule has 2 heterocycles. The van der Waals surface area contributed by atoms with E-state index in [1.165, 1.54) is 0 Å². The number of methoxy groups -OCH3 is 2. The van der Waals surface area contributed by atoms with Gasteiger partial charge in [-0.1, -0.05) is 6.07 Å². The van der Waals surface area contributed by atoms with Crippen molar-refractivity contribution in [2.75, 3.05) is 45.8 Å². The highest BCUT2D eigenvalue weighted by Gasteiger charge is 2.21. The normalized spacial score (nSPS) is 14.6. The molecule has 0 spiro atoms. The number of aliphatic imine (C=N–C) groups is 1. The Kier molecular flexibility index (Phi) is 9.99. The van der Waals surface area contributed by atoms with Crippen LogP contribution in [0.25, 0.3) is 0 Å². The number of aromatic nitrogens is 1. The highest BCUT2D eigenvalue weighted by Crippen LogP contribution is 2.30. The van der Waals surface area contributed by atoms with Crippen molar-refractivity contribution < 1.29 is 9.47 Å². The SMILES string of the molecule is CN=C(NCCc1ccccn1)NC1CCN(c2cc(OC)cc(OC)c2)CC1.I. The Labute approximate surface area is 196 Å². The zero-order chi connectivity index (χ0) is 20.5. The Bertz CT molecular complexity index is 773. The molecule has 2 aromatic rings. The van der Waals surface area contributed by atoms with E-state index in [2.05, 4.69) is 37.6 Å². The summed E-state index contributed by atoms with van der Waals surface area (Å²) >= 11 is 0. The van der Waals surface area contributed by atoms with Crippen molar-refractivity contribution >= 4 is 35.6 Å². The molecule has 1 aromatic carbocycles. The van der Waals surface area contributed by atoms with E-state index in [1.54, 1.807) is 14.2 Å². The Morgan fingerprint density at radius 3 is 2.40 bits per heavy atom. The maximum Gasteiger partial charge on any atom is 0.191 e. The average molecular weight is 525 g/mol. The van der Waals surface area contributed by atoms with E-state index < -0.39 is 0 Å². The van der Waals surface area contributed by atoms with Crippen molar-refractivity contribution in [3.63, 3.8) is 0 Å². The Balaban J connectivity index is 0.00000320. The van der Waals surface area contributed by atoms with Crippen LogP contribution >= 0.6 is 24.0 Å². The summed E-state index contributed by atoms with van der Waals surface area (Å²) in [7, 11) is 5.18. The van der Waals surface area contributed by atoms with Gasteiger partial charge < -0.3 is 25.0 Å². The number of halogens is 1. The van der Waals surface area contributed by atoms with Crippen LogP contribution in [0, 0.1) is 0 Å². The van der Waals surface area contributed by atoms with Crippen LogP contribution in [0.4, 0.5) is 5.69 Å². The number of guanidine groups is 1. The molecule has 7 nitrogen and oxygen atoms in total. The van der Waals surface area contributed by atoms with Gasteiger partial charge in [-0.3, -0.25) is 9.98 Å². The highest BCUT2D eigenvalue weighted by atomic mass is 127. The van der Waals surface area contributed by atoms with Gasteiger partial charge in [0, 0.05) is 74.9 Å². The quantitative estimate of drug-likeness (QED) is 0.329. The van der Waals surface area contributed by atoms with Gasteiger partial charge in [0.25, 0.3) is 0 Å². The molecule has 2 N–H and O–H groups in total. The number of benzene rings is 1. The second kappa shape index (κ2) is 12.5. The van der Waals surface area contributed by atoms with E-state index in [0.29, 0.717) is 6.04 Å². The summed E-state index contributed by atoms with van der Waals surface area (Å²) in [5.74, 6) is 2.48. The predicted octanol–water partition coefficient (Wildman–Crippen LogP) is 3.09. The van der Waals surface area contributed by atoms with Crippen molar-refractivity contribution in [1.29, 1.82) is 0 Å². The third-order valence-corrected chi connectivity index (χ3v) is 5.16. The summed E-state index contributed by atoms with van der Waals surface area (Å²) in [4.78, 5) is 11.1. The predicted molar refractivity (Wildman–Crippen MR) is 133 cm³/mol. The lowest BCUT2D eigenvalue weighted by molar-refractivity contribution is 0.393. The van der Waals surface area contributed by atoms with Crippen molar-refractivity contribution in [3.8, 4) is 11.5 Å². The topological polar surface area (TPSA) is 71.0 Å². The van der Waals surface area contributed by atoms with Gasteiger partial charge in [0.05, 0.1) is 14.2 Å². The van der Waals surface area contributed by atoms with Crippen molar-refractivity contribution in [3.05, 3.63) is 48.3 Å². The molecule has 1 saturated heterocycles. The molecular weight excluding hydrogens is 493 g/mol. The largest absolute Gasteiger partial charge is 0.497 e. The maximum atomic E-state index is 5.40. The Morgan fingerprint density at radius 1 is 1.13 bits per heavy atom. The number of anilines is 1. The molecule has 0 radical (unpaired) electrons. The fourth-order valence-corrected chi connectivity index (χ4v) is 3.50. The number of nitrogens with one attached hydrogen (secondary N) is 2. The molecule has 0 saturated carbocycles. The van der Waals surface area contributed by atoms with E-state index in [-0.39, 0.29) is 24.0 Å². The molecule has 0 amide bonds. The minimum absolute atomic E-state index is 0. The number of rotatable bonds is 7. The first kappa shape index (κ1) is 24.0. The molecule has 1 aliphatic rings. The zero-order valence-electron chi connectivity index (χ0n) is 17.9. The van der Waals surface area contributed by atoms with Crippen LogP contribution in [0.3, 0.4) is 0 Å². The number of hydrogen-bond acceptors (Lipinski definition) is 5. The van der Waals surface area contributed by atoms with E-state index in [0.717, 1.165) is 67.7 Å². The summed E-state index contributed by atoms with van der Waals surface area (Å²) in [5, 5.41) is 6.94. The first-order chi connectivity index (χ1) is 14.2. The lowest BCUT2D eigenvalue weighted by Crippen LogP contribution is -2.49. The molecule has 30 heavy (non-hydrogen) atoms. The zero-order valence-corrected chi connectivity index (χ0v) is 20.3. The van der Waals surface area contributed by atoms with Gasteiger partial charge in [0.2, 0.25) is 0 Å². The summed E-state index contributed by atoms with van der Waals surface area (Å²) in [6.45, 7) is 2.75. The molecule has 1 aromatic heterocycles. The fourth-order valence-electron chi connectivity index (χ4n) is 3.50. The number of ether oxygens (including phenoxy) is 2. The molecule has 0 bridgehead atoms. The van der Waals surface area contributed by atoms with Crippen LogP contribution in [0.2, 0.25) is 0 Å². The summed E-state index contributed by atoms with van der Waals surface area (Å²) < 4.78 is 10.8. The smallest absolute Gasteiger partial charge is 0.191 e. The lowest BCUT2D eigenvalue weighted by Gasteiger charge is -2.34. The molecule has 0 unspecified atom stereocenters. The minimum Gasteiger partial charge on any atom is -0.497 e. The first-order valence-electron chi connectivity index (χ1n) is 10.1. The summed E-state index contributed by atoms with van der Waals surface area (Å²) in [6, 6.07) is 12.4. The molecular formula is C22H32IN5O2. The van der Waals surface area contributed by atoms with E-state index >= 15 is 0 Å². The van der Waals surface area contributed by atoms with Gasteiger partial charge in [-0.05, 0) is 25.0 Å². The monoisotopic (exact) mass is 525 g/mol. The standard InChI is InChI=1S/C22H31N5O2.HI/c1-23-22(25-11-7-17-6-4-5-10-24-17)26-18-8-12-27(13-9-18)19-14-20(28-2)16-21(15-19)29-3;/h4-6,10,14-16,18H,7-9,11-13H2,1-3H3,(H2,23,25,26);1H. The van der Waals surface area contributed by atoms with Crippen LogP contribution in [0.5, 0.6) is 11.5 Å². The number of hydrogen-bond donors (Lipinski definition) is 2. The molecule has 164 valence electrons.